The second-order valence-electron chi connectivity index (χ2n) is 3.49. The van der Waals surface area contributed by atoms with Crippen molar-refractivity contribution in [3.8, 4) is 0 Å². The predicted octanol–water partition coefficient (Wildman–Crippen LogP) is 4.36. The Morgan fingerprint density at radius 2 is 1.00 bits per heavy atom. The van der Waals surface area contributed by atoms with Crippen LogP contribution in [-0.2, 0) is 0 Å². The molecule has 122 valence electrons. The third kappa shape index (κ3) is 2.91. The maximum absolute atomic E-state index is 12.7. The van der Waals surface area contributed by atoms with Crippen molar-refractivity contribution < 1.29 is 52.7 Å². The van der Waals surface area contributed by atoms with Gasteiger partial charge in [-0.15, -0.1) is 0 Å². The largest absolute Gasteiger partial charge is 0.387 e. The highest BCUT2D eigenvalue weighted by molar-refractivity contribution is 7.81. The van der Waals surface area contributed by atoms with E-state index >= 15 is 0 Å². The van der Waals surface area contributed by atoms with Crippen molar-refractivity contribution in [3.05, 3.63) is 0 Å². The van der Waals surface area contributed by atoms with Gasteiger partial charge in [-0.05, 0) is 0 Å². The summed E-state index contributed by atoms with van der Waals surface area (Å²) in [5, 5.41) is -6.05. The lowest BCUT2D eigenvalue weighted by molar-refractivity contribution is -0.361. The molecule has 0 aliphatic rings. The number of thiol groups is 1. The molecule has 0 rings (SSSR count). The van der Waals surface area contributed by atoms with Gasteiger partial charge in [0.25, 0.3) is 6.43 Å². The molecule has 2 unspecified atom stereocenters. The highest BCUT2D eigenvalue weighted by atomic mass is 32.1. The normalized spacial score (nSPS) is 18.3. The minimum atomic E-state index is -7.18. The molecule has 0 amide bonds. The lowest BCUT2D eigenvalue weighted by atomic mass is 9.97. The van der Waals surface area contributed by atoms with Gasteiger partial charge in [-0.1, -0.05) is 12.6 Å². The summed E-state index contributed by atoms with van der Waals surface area (Å²) in [6, 6.07) is 0. The van der Waals surface area contributed by atoms with Crippen LogP contribution in [0.1, 0.15) is 0 Å². The standard InChI is InChI=1S/C7H4F12S/c8-1(3(10)11)2(9)4(12,13)5(14,15)6(16,17)7(18,19)20/h1-3,20H. The van der Waals surface area contributed by atoms with Gasteiger partial charge < -0.3 is 0 Å². The summed E-state index contributed by atoms with van der Waals surface area (Å²) in [7, 11) is 0. The molecule has 0 aromatic heterocycles. The maximum Gasteiger partial charge on any atom is 0.387 e. The van der Waals surface area contributed by atoms with E-state index in [1.807, 2.05) is 0 Å². The number of hydrogen-bond donors (Lipinski definition) is 1. The summed E-state index contributed by atoms with van der Waals surface area (Å²) in [4.78, 5) is 0. The Labute approximate surface area is 108 Å². The molecule has 0 nitrogen and oxygen atoms in total. The van der Waals surface area contributed by atoms with Crippen molar-refractivity contribution in [1.82, 2.24) is 0 Å². The topological polar surface area (TPSA) is 0 Å². The van der Waals surface area contributed by atoms with Crippen molar-refractivity contribution in [1.29, 1.82) is 0 Å². The van der Waals surface area contributed by atoms with Crippen LogP contribution in [0, 0.1) is 0 Å². The first-order valence-electron chi connectivity index (χ1n) is 4.31. The lowest BCUT2D eigenvalue weighted by Crippen LogP contribution is -2.65. The van der Waals surface area contributed by atoms with Crippen molar-refractivity contribution in [2.75, 3.05) is 0 Å². The molecule has 13 heteroatoms. The van der Waals surface area contributed by atoms with Gasteiger partial charge in [0, 0.05) is 0 Å². The van der Waals surface area contributed by atoms with Crippen LogP contribution in [0.2, 0.25) is 0 Å². The second kappa shape index (κ2) is 5.37. The zero-order chi connectivity index (χ0) is 16.7. The molecule has 20 heavy (non-hydrogen) atoms. The summed E-state index contributed by atoms with van der Waals surface area (Å²) in [6.45, 7) is 0. The van der Waals surface area contributed by atoms with E-state index in [1.165, 1.54) is 0 Å². The van der Waals surface area contributed by atoms with E-state index in [4.69, 9.17) is 0 Å². The smallest absolute Gasteiger partial charge is 0.238 e. The van der Waals surface area contributed by atoms with E-state index in [0.717, 1.165) is 0 Å². The molecule has 0 aliphatic heterocycles. The highest BCUT2D eigenvalue weighted by Crippen LogP contribution is 2.55. The Morgan fingerprint density at radius 1 is 0.650 bits per heavy atom. The summed E-state index contributed by atoms with van der Waals surface area (Å²) >= 11 is 1.66. The van der Waals surface area contributed by atoms with Gasteiger partial charge in [-0.3, -0.25) is 0 Å². The minimum absolute atomic E-state index is 1.66. The van der Waals surface area contributed by atoms with Crippen molar-refractivity contribution in [3.63, 3.8) is 0 Å². The summed E-state index contributed by atoms with van der Waals surface area (Å²) < 4.78 is 148. The van der Waals surface area contributed by atoms with Crippen molar-refractivity contribution in [2.45, 2.75) is 41.8 Å². The summed E-state index contributed by atoms with van der Waals surface area (Å²) in [5.74, 6) is -20.9. The van der Waals surface area contributed by atoms with Crippen LogP contribution in [-0.4, -0.2) is 41.8 Å². The minimum Gasteiger partial charge on any atom is -0.238 e. The first kappa shape index (κ1) is 19.5. The number of rotatable bonds is 6. The monoisotopic (exact) mass is 348 g/mol. The van der Waals surface area contributed by atoms with Crippen LogP contribution >= 0.6 is 12.6 Å². The summed E-state index contributed by atoms with van der Waals surface area (Å²) in [6.07, 6.45) is -14.3. The Bertz CT molecular complexity index is 333. The molecule has 0 fully saturated rings. The van der Waals surface area contributed by atoms with E-state index in [2.05, 4.69) is 0 Å². The molecule has 0 spiro atoms. The number of alkyl halides is 12. The SMILES string of the molecule is FC(F)C(F)C(F)C(F)(F)C(F)(F)C(F)(F)C(F)(F)S. The highest BCUT2D eigenvalue weighted by Gasteiger charge is 2.82. The quantitative estimate of drug-likeness (QED) is 0.535. The Balaban J connectivity index is 5.69. The molecular formula is C7H4F12S. The second-order valence-corrected chi connectivity index (χ2v) is 4.06. The zero-order valence-corrected chi connectivity index (χ0v) is 9.61. The molecule has 0 saturated heterocycles. The van der Waals surface area contributed by atoms with Gasteiger partial charge in [0.05, 0.1) is 0 Å². The van der Waals surface area contributed by atoms with E-state index in [0.29, 0.717) is 0 Å². The van der Waals surface area contributed by atoms with Crippen LogP contribution in [0.4, 0.5) is 52.7 Å². The van der Waals surface area contributed by atoms with Crippen molar-refractivity contribution >= 4 is 12.6 Å². The van der Waals surface area contributed by atoms with E-state index in [-0.39, 0.29) is 0 Å². The van der Waals surface area contributed by atoms with E-state index in [1.54, 1.807) is 12.6 Å². The Kier molecular flexibility index (Phi) is 5.24. The van der Waals surface area contributed by atoms with Gasteiger partial charge in [0.1, 0.15) is 0 Å². The van der Waals surface area contributed by atoms with Gasteiger partial charge in [0.15, 0.2) is 6.17 Å². The third-order valence-corrected chi connectivity index (χ3v) is 2.34. The molecule has 2 atom stereocenters. The van der Waals surface area contributed by atoms with Crippen LogP contribution < -0.4 is 0 Å². The third-order valence-electron chi connectivity index (χ3n) is 2.06. The average Bonchev–Trinajstić information content (AvgIpc) is 2.24. The van der Waals surface area contributed by atoms with Gasteiger partial charge in [0.2, 0.25) is 6.17 Å². The molecule has 0 radical (unpaired) electrons. The number of hydrogen-bond acceptors (Lipinski definition) is 1. The molecule has 0 N–H and O–H groups in total. The lowest BCUT2D eigenvalue weighted by Gasteiger charge is -2.36. The Hall–Kier alpha value is -0.490. The fraction of sp³-hybridized carbons (Fsp3) is 1.00. The van der Waals surface area contributed by atoms with Crippen molar-refractivity contribution in [2.24, 2.45) is 0 Å². The fourth-order valence-corrected chi connectivity index (χ4v) is 1.04. The molecule has 0 heterocycles. The van der Waals surface area contributed by atoms with Crippen LogP contribution in [0.15, 0.2) is 0 Å². The molecule has 0 aromatic carbocycles. The van der Waals surface area contributed by atoms with Crippen LogP contribution in [0.3, 0.4) is 0 Å². The van der Waals surface area contributed by atoms with E-state index in [9.17, 15) is 52.7 Å². The zero-order valence-electron chi connectivity index (χ0n) is 8.71. The van der Waals surface area contributed by atoms with Gasteiger partial charge in [-0.2, -0.15) is 35.1 Å². The van der Waals surface area contributed by atoms with Gasteiger partial charge >= 0.3 is 23.0 Å². The molecule has 0 aromatic rings. The molecule has 0 aliphatic carbocycles. The first-order chi connectivity index (χ1) is 8.51. The van der Waals surface area contributed by atoms with Gasteiger partial charge in [-0.25, -0.2) is 17.6 Å². The van der Waals surface area contributed by atoms with E-state index < -0.39 is 41.8 Å². The van der Waals surface area contributed by atoms with Crippen LogP contribution in [0.25, 0.3) is 0 Å². The molecule has 0 saturated carbocycles. The first-order valence-corrected chi connectivity index (χ1v) is 4.76. The fourth-order valence-electron chi connectivity index (χ4n) is 0.899. The average molecular weight is 348 g/mol. The maximum atomic E-state index is 12.7. The number of halogens is 12. The van der Waals surface area contributed by atoms with Crippen LogP contribution in [0.5, 0.6) is 0 Å². The predicted molar refractivity (Wildman–Crippen MR) is 44.6 cm³/mol. The summed E-state index contributed by atoms with van der Waals surface area (Å²) in [5.41, 5.74) is 0. The molecule has 0 bridgehead atoms. The Morgan fingerprint density at radius 3 is 1.25 bits per heavy atom. The molecular weight excluding hydrogens is 344 g/mol.